The van der Waals surface area contributed by atoms with Gasteiger partial charge in [-0.2, -0.15) is 0 Å². The van der Waals surface area contributed by atoms with Crippen LogP contribution in [0.3, 0.4) is 0 Å². The van der Waals surface area contributed by atoms with E-state index in [4.69, 9.17) is 11.6 Å². The van der Waals surface area contributed by atoms with E-state index in [9.17, 15) is 9.59 Å². The van der Waals surface area contributed by atoms with Crippen molar-refractivity contribution in [1.29, 1.82) is 0 Å². The van der Waals surface area contributed by atoms with Gasteiger partial charge < -0.3 is 15.1 Å². The van der Waals surface area contributed by atoms with Crippen LogP contribution in [0.2, 0.25) is 5.02 Å². The third kappa shape index (κ3) is 4.96. The Morgan fingerprint density at radius 2 is 1.92 bits per heavy atom. The maximum Gasteiger partial charge on any atom is 0.242 e. The molecule has 3 rings (SSSR count). The van der Waals surface area contributed by atoms with Crippen LogP contribution in [-0.2, 0) is 16.0 Å². The first-order valence-electron chi connectivity index (χ1n) is 8.19. The van der Waals surface area contributed by atoms with Crippen LogP contribution in [0, 0.1) is 0 Å². The average Bonchev–Trinajstić information content (AvgIpc) is 3.13. The van der Waals surface area contributed by atoms with E-state index in [-0.39, 0.29) is 18.4 Å². The van der Waals surface area contributed by atoms with E-state index in [1.807, 2.05) is 41.8 Å². The van der Waals surface area contributed by atoms with E-state index in [2.05, 4.69) is 10.2 Å². The largest absolute Gasteiger partial charge is 0.368 e. The van der Waals surface area contributed by atoms with Gasteiger partial charge in [0.05, 0.1) is 13.0 Å². The molecule has 0 aliphatic carbocycles. The van der Waals surface area contributed by atoms with Gasteiger partial charge in [0.15, 0.2) is 0 Å². The lowest BCUT2D eigenvalue weighted by atomic mass is 10.2. The van der Waals surface area contributed by atoms with Gasteiger partial charge in [0.2, 0.25) is 11.8 Å². The predicted molar refractivity (Wildman–Crippen MR) is 101 cm³/mol. The second-order valence-electron chi connectivity index (χ2n) is 5.88. The summed E-state index contributed by atoms with van der Waals surface area (Å²) in [5, 5.41) is 5.36. The molecule has 2 heterocycles. The molecule has 1 N–H and O–H groups in total. The van der Waals surface area contributed by atoms with Crippen LogP contribution >= 0.6 is 22.9 Å². The highest BCUT2D eigenvalue weighted by molar-refractivity contribution is 7.10. The van der Waals surface area contributed by atoms with E-state index in [1.165, 1.54) is 0 Å². The molecule has 0 saturated carbocycles. The van der Waals surface area contributed by atoms with Crippen molar-refractivity contribution in [3.63, 3.8) is 0 Å². The molecule has 2 amide bonds. The predicted octanol–water partition coefficient (Wildman–Crippen LogP) is 2.41. The molecule has 5 nitrogen and oxygen atoms in total. The molecular weight excluding hydrogens is 358 g/mol. The molecule has 2 aromatic rings. The summed E-state index contributed by atoms with van der Waals surface area (Å²) < 4.78 is 0. The Kier molecular flexibility index (Phi) is 5.94. The molecule has 1 aliphatic rings. The molecule has 0 radical (unpaired) electrons. The lowest BCUT2D eigenvalue weighted by Gasteiger charge is -2.36. The fourth-order valence-electron chi connectivity index (χ4n) is 2.81. The highest BCUT2D eigenvalue weighted by atomic mass is 35.5. The van der Waals surface area contributed by atoms with Crippen molar-refractivity contribution in [1.82, 2.24) is 10.2 Å². The summed E-state index contributed by atoms with van der Waals surface area (Å²) in [4.78, 5) is 29.2. The van der Waals surface area contributed by atoms with Crippen LogP contribution in [0.4, 0.5) is 5.69 Å². The zero-order chi connectivity index (χ0) is 17.6. The molecule has 0 bridgehead atoms. The van der Waals surface area contributed by atoms with Crippen molar-refractivity contribution in [2.45, 2.75) is 6.42 Å². The number of nitrogens with zero attached hydrogens (tertiary/aromatic N) is 2. The van der Waals surface area contributed by atoms with E-state index in [0.29, 0.717) is 24.5 Å². The molecule has 0 spiro atoms. The van der Waals surface area contributed by atoms with Gasteiger partial charge in [-0.1, -0.05) is 23.7 Å². The summed E-state index contributed by atoms with van der Waals surface area (Å²) in [5.74, 6) is -0.154. The number of amides is 2. The topological polar surface area (TPSA) is 52.7 Å². The first-order valence-corrected chi connectivity index (χ1v) is 9.45. The SMILES string of the molecule is O=C(Cc1cccs1)NCC(=O)N1CCN(c2cccc(Cl)c2)CC1. The third-order valence-electron chi connectivity index (χ3n) is 4.16. The maximum atomic E-state index is 12.3. The normalized spacial score (nSPS) is 14.4. The molecule has 1 aliphatic heterocycles. The summed E-state index contributed by atoms with van der Waals surface area (Å²) >= 11 is 7.58. The van der Waals surface area contributed by atoms with Crippen molar-refractivity contribution >= 4 is 40.4 Å². The number of carbonyl (C=O) groups is 2. The number of carbonyl (C=O) groups excluding carboxylic acids is 2. The van der Waals surface area contributed by atoms with Crippen LogP contribution in [-0.4, -0.2) is 49.4 Å². The van der Waals surface area contributed by atoms with Gasteiger partial charge in [0.1, 0.15) is 0 Å². The van der Waals surface area contributed by atoms with Crippen LogP contribution in [0.1, 0.15) is 4.88 Å². The van der Waals surface area contributed by atoms with Crippen molar-refractivity contribution in [3.05, 3.63) is 51.7 Å². The van der Waals surface area contributed by atoms with Gasteiger partial charge in [-0.15, -0.1) is 11.3 Å². The fraction of sp³-hybridized carbons (Fsp3) is 0.333. The van der Waals surface area contributed by atoms with E-state index >= 15 is 0 Å². The number of halogens is 1. The Bertz CT molecular complexity index is 728. The summed E-state index contributed by atoms with van der Waals surface area (Å²) in [6.07, 6.45) is 0.327. The van der Waals surface area contributed by atoms with E-state index < -0.39 is 0 Å². The quantitative estimate of drug-likeness (QED) is 0.870. The highest BCUT2D eigenvalue weighted by Crippen LogP contribution is 2.20. The molecule has 7 heteroatoms. The van der Waals surface area contributed by atoms with Gasteiger partial charge in [0.25, 0.3) is 0 Å². The highest BCUT2D eigenvalue weighted by Gasteiger charge is 2.21. The zero-order valence-electron chi connectivity index (χ0n) is 13.8. The first kappa shape index (κ1) is 17.8. The summed E-state index contributed by atoms with van der Waals surface area (Å²) in [6.45, 7) is 2.87. The molecule has 1 saturated heterocycles. The molecular formula is C18H20ClN3O2S. The lowest BCUT2D eigenvalue weighted by molar-refractivity contribution is -0.133. The second kappa shape index (κ2) is 8.36. The number of hydrogen-bond donors (Lipinski definition) is 1. The molecule has 0 unspecified atom stereocenters. The smallest absolute Gasteiger partial charge is 0.242 e. The monoisotopic (exact) mass is 377 g/mol. The van der Waals surface area contributed by atoms with Crippen molar-refractivity contribution in [2.75, 3.05) is 37.6 Å². The van der Waals surface area contributed by atoms with Crippen LogP contribution in [0.15, 0.2) is 41.8 Å². The number of thiophene rings is 1. The van der Waals surface area contributed by atoms with Crippen LogP contribution < -0.4 is 10.2 Å². The van der Waals surface area contributed by atoms with Gasteiger partial charge in [-0.25, -0.2) is 0 Å². The van der Waals surface area contributed by atoms with Crippen LogP contribution in [0.25, 0.3) is 0 Å². The molecule has 0 atom stereocenters. The second-order valence-corrected chi connectivity index (χ2v) is 7.35. The Morgan fingerprint density at radius 1 is 1.12 bits per heavy atom. The summed E-state index contributed by atoms with van der Waals surface area (Å²) in [6, 6.07) is 11.6. The maximum absolute atomic E-state index is 12.3. The standard InChI is InChI=1S/C18H20ClN3O2S/c19-14-3-1-4-15(11-14)21-6-8-22(9-7-21)18(24)13-20-17(23)12-16-5-2-10-25-16/h1-5,10-11H,6-9,12-13H2,(H,20,23). The lowest BCUT2D eigenvalue weighted by Crippen LogP contribution is -2.51. The fourth-order valence-corrected chi connectivity index (χ4v) is 3.69. The Hall–Kier alpha value is -2.05. The number of rotatable bonds is 5. The van der Waals surface area contributed by atoms with Gasteiger partial charge in [0, 0.05) is 41.8 Å². The zero-order valence-corrected chi connectivity index (χ0v) is 15.4. The molecule has 1 aromatic carbocycles. The van der Waals surface area contributed by atoms with E-state index in [0.717, 1.165) is 23.7 Å². The summed E-state index contributed by atoms with van der Waals surface area (Å²) in [5.41, 5.74) is 1.07. The van der Waals surface area contributed by atoms with Crippen molar-refractivity contribution < 1.29 is 9.59 Å². The number of anilines is 1. The van der Waals surface area contributed by atoms with Crippen molar-refractivity contribution in [2.24, 2.45) is 0 Å². The Balaban J connectivity index is 1.43. The molecule has 132 valence electrons. The molecule has 1 aromatic heterocycles. The minimum absolute atomic E-state index is 0.0368. The average molecular weight is 378 g/mol. The number of benzene rings is 1. The third-order valence-corrected chi connectivity index (χ3v) is 5.27. The minimum atomic E-state index is -0.117. The van der Waals surface area contributed by atoms with Crippen molar-refractivity contribution in [3.8, 4) is 0 Å². The Morgan fingerprint density at radius 3 is 2.60 bits per heavy atom. The first-order chi connectivity index (χ1) is 12.1. The number of nitrogens with one attached hydrogen (secondary N) is 1. The summed E-state index contributed by atoms with van der Waals surface area (Å²) in [7, 11) is 0. The Labute approximate surface area is 156 Å². The number of piperazine rings is 1. The number of hydrogen-bond acceptors (Lipinski definition) is 4. The van der Waals surface area contributed by atoms with Gasteiger partial charge in [-0.3, -0.25) is 9.59 Å². The van der Waals surface area contributed by atoms with Gasteiger partial charge in [-0.05, 0) is 29.6 Å². The molecule has 25 heavy (non-hydrogen) atoms. The minimum Gasteiger partial charge on any atom is -0.368 e. The van der Waals surface area contributed by atoms with E-state index in [1.54, 1.807) is 16.2 Å². The molecule has 1 fully saturated rings. The van der Waals surface area contributed by atoms with Gasteiger partial charge >= 0.3 is 0 Å². The van der Waals surface area contributed by atoms with Crippen LogP contribution in [0.5, 0.6) is 0 Å².